The lowest BCUT2D eigenvalue weighted by Gasteiger charge is -2.59. The van der Waals surface area contributed by atoms with Crippen LogP contribution in [0.25, 0.3) is 0 Å². The standard InChI is InChI=1S/C15H20N2O4/c1-14(2)11(8-15(14,3)21-4)17-12(18)9-6-5-7-10(16-9)13(19)20/h5-7,11H,8H2,1-4H3,(H,17,18)(H,19,20). The Bertz CT molecular complexity index is 585. The number of aromatic carboxylic acids is 1. The number of carboxylic acid groups (broad SMARTS) is 1. The van der Waals surface area contributed by atoms with Crippen molar-refractivity contribution in [1.29, 1.82) is 0 Å². The topological polar surface area (TPSA) is 88.5 Å². The largest absolute Gasteiger partial charge is 0.477 e. The Balaban J connectivity index is 2.10. The van der Waals surface area contributed by atoms with Crippen LogP contribution in [-0.4, -0.2) is 40.7 Å². The van der Waals surface area contributed by atoms with Crippen LogP contribution in [-0.2, 0) is 4.74 Å². The van der Waals surface area contributed by atoms with Gasteiger partial charge in [0, 0.05) is 18.6 Å². The average Bonchev–Trinajstić information content (AvgIpc) is 2.46. The lowest BCUT2D eigenvalue weighted by molar-refractivity contribution is -0.177. The van der Waals surface area contributed by atoms with E-state index in [9.17, 15) is 9.59 Å². The number of amides is 1. The summed E-state index contributed by atoms with van der Waals surface area (Å²) in [7, 11) is 1.66. The number of methoxy groups -OCH3 is 1. The molecule has 0 saturated heterocycles. The minimum atomic E-state index is -1.15. The number of pyridine rings is 1. The summed E-state index contributed by atoms with van der Waals surface area (Å²) in [5.41, 5.74) is -0.516. The maximum Gasteiger partial charge on any atom is 0.354 e. The molecule has 21 heavy (non-hydrogen) atoms. The molecule has 1 aliphatic carbocycles. The highest BCUT2D eigenvalue weighted by Crippen LogP contribution is 2.51. The van der Waals surface area contributed by atoms with Crippen LogP contribution in [0.4, 0.5) is 0 Å². The molecule has 1 saturated carbocycles. The molecule has 6 heteroatoms. The van der Waals surface area contributed by atoms with Crippen LogP contribution in [0.5, 0.6) is 0 Å². The average molecular weight is 292 g/mol. The number of aromatic nitrogens is 1. The summed E-state index contributed by atoms with van der Waals surface area (Å²) >= 11 is 0. The number of carboxylic acids is 1. The maximum absolute atomic E-state index is 12.2. The molecular weight excluding hydrogens is 272 g/mol. The number of rotatable bonds is 4. The van der Waals surface area contributed by atoms with Gasteiger partial charge in [0.1, 0.15) is 11.4 Å². The Morgan fingerprint density at radius 3 is 2.48 bits per heavy atom. The Morgan fingerprint density at radius 1 is 1.33 bits per heavy atom. The first-order chi connectivity index (χ1) is 9.71. The highest BCUT2D eigenvalue weighted by Gasteiger charge is 2.58. The monoisotopic (exact) mass is 292 g/mol. The number of nitrogens with one attached hydrogen (secondary N) is 1. The van der Waals surface area contributed by atoms with Crippen molar-refractivity contribution in [2.24, 2.45) is 5.41 Å². The minimum absolute atomic E-state index is 0.0368. The molecule has 2 rings (SSSR count). The van der Waals surface area contributed by atoms with E-state index in [1.165, 1.54) is 18.2 Å². The predicted molar refractivity (Wildman–Crippen MR) is 76.3 cm³/mol. The SMILES string of the molecule is COC1(C)CC(NC(=O)c2cccc(C(=O)O)n2)C1(C)C. The molecular formula is C15H20N2O4. The smallest absolute Gasteiger partial charge is 0.354 e. The maximum atomic E-state index is 12.2. The summed E-state index contributed by atoms with van der Waals surface area (Å²) in [5.74, 6) is -1.52. The minimum Gasteiger partial charge on any atom is -0.477 e. The van der Waals surface area contributed by atoms with Gasteiger partial charge in [0.25, 0.3) is 5.91 Å². The van der Waals surface area contributed by atoms with Gasteiger partial charge in [-0.15, -0.1) is 0 Å². The summed E-state index contributed by atoms with van der Waals surface area (Å²) in [6, 6.07) is 4.33. The van der Waals surface area contributed by atoms with Crippen LogP contribution in [0.15, 0.2) is 18.2 Å². The van der Waals surface area contributed by atoms with Crippen LogP contribution in [0, 0.1) is 5.41 Å². The first kappa shape index (κ1) is 15.4. The number of hydrogen-bond acceptors (Lipinski definition) is 4. The van der Waals surface area contributed by atoms with Gasteiger partial charge in [-0.3, -0.25) is 4.79 Å². The van der Waals surface area contributed by atoms with E-state index in [2.05, 4.69) is 10.3 Å². The van der Waals surface area contributed by atoms with E-state index >= 15 is 0 Å². The second-order valence-electron chi connectivity index (χ2n) is 6.10. The van der Waals surface area contributed by atoms with Gasteiger partial charge >= 0.3 is 5.97 Å². The highest BCUT2D eigenvalue weighted by atomic mass is 16.5. The second kappa shape index (κ2) is 5.11. The van der Waals surface area contributed by atoms with Gasteiger partial charge in [0.05, 0.1) is 5.60 Å². The first-order valence-electron chi connectivity index (χ1n) is 6.77. The van der Waals surface area contributed by atoms with Crippen molar-refractivity contribution in [2.45, 2.75) is 38.8 Å². The van der Waals surface area contributed by atoms with E-state index in [-0.39, 0.29) is 34.4 Å². The molecule has 1 aliphatic rings. The third-order valence-electron chi connectivity index (χ3n) is 4.78. The van der Waals surface area contributed by atoms with Crippen LogP contribution in [0.3, 0.4) is 0 Å². The quantitative estimate of drug-likeness (QED) is 0.882. The summed E-state index contributed by atoms with van der Waals surface area (Å²) in [5, 5.41) is 11.8. The molecule has 0 bridgehead atoms. The van der Waals surface area contributed by atoms with Crippen LogP contribution in [0.1, 0.15) is 48.2 Å². The molecule has 0 spiro atoms. The lowest BCUT2D eigenvalue weighted by Crippen LogP contribution is -2.68. The van der Waals surface area contributed by atoms with Crippen LogP contribution >= 0.6 is 0 Å². The van der Waals surface area contributed by atoms with Gasteiger partial charge in [-0.1, -0.05) is 19.9 Å². The fourth-order valence-electron chi connectivity index (χ4n) is 2.64. The number of ether oxygens (including phenoxy) is 1. The Kier molecular flexibility index (Phi) is 3.76. The second-order valence-corrected chi connectivity index (χ2v) is 6.10. The van der Waals surface area contributed by atoms with Crippen molar-refractivity contribution in [3.8, 4) is 0 Å². The van der Waals surface area contributed by atoms with Crippen molar-refractivity contribution in [3.63, 3.8) is 0 Å². The lowest BCUT2D eigenvalue weighted by atomic mass is 9.56. The van der Waals surface area contributed by atoms with E-state index in [4.69, 9.17) is 9.84 Å². The molecule has 2 atom stereocenters. The fourth-order valence-corrected chi connectivity index (χ4v) is 2.64. The molecule has 0 aromatic carbocycles. The van der Waals surface area contributed by atoms with Gasteiger partial charge in [-0.2, -0.15) is 0 Å². The number of hydrogen-bond donors (Lipinski definition) is 2. The zero-order chi connectivity index (χ0) is 15.8. The molecule has 2 unspecified atom stereocenters. The normalized spacial score (nSPS) is 26.8. The molecule has 2 N–H and O–H groups in total. The first-order valence-corrected chi connectivity index (χ1v) is 6.77. The van der Waals surface area contributed by atoms with Gasteiger partial charge in [-0.05, 0) is 25.5 Å². The third kappa shape index (κ3) is 2.51. The fraction of sp³-hybridized carbons (Fsp3) is 0.533. The molecule has 1 aromatic rings. The van der Waals surface area contributed by atoms with Crippen molar-refractivity contribution >= 4 is 11.9 Å². The molecule has 1 heterocycles. The molecule has 1 aromatic heterocycles. The van der Waals surface area contributed by atoms with Gasteiger partial charge < -0.3 is 15.2 Å². The number of carbonyl (C=O) groups excluding carboxylic acids is 1. The Labute approximate surface area is 123 Å². The van der Waals surface area contributed by atoms with Gasteiger partial charge in [-0.25, -0.2) is 9.78 Å². The van der Waals surface area contributed by atoms with Gasteiger partial charge in [0.2, 0.25) is 0 Å². The highest BCUT2D eigenvalue weighted by molar-refractivity contribution is 5.94. The van der Waals surface area contributed by atoms with E-state index < -0.39 is 5.97 Å². The summed E-state index contributed by atoms with van der Waals surface area (Å²) < 4.78 is 5.51. The molecule has 0 aliphatic heterocycles. The molecule has 1 amide bonds. The predicted octanol–water partition coefficient (Wildman–Crippen LogP) is 1.71. The molecule has 0 radical (unpaired) electrons. The molecule has 6 nitrogen and oxygen atoms in total. The zero-order valence-corrected chi connectivity index (χ0v) is 12.6. The number of nitrogens with zero attached hydrogens (tertiary/aromatic N) is 1. The zero-order valence-electron chi connectivity index (χ0n) is 12.6. The van der Waals surface area contributed by atoms with Crippen LogP contribution in [0.2, 0.25) is 0 Å². The van der Waals surface area contributed by atoms with Crippen molar-refractivity contribution < 1.29 is 19.4 Å². The Morgan fingerprint density at radius 2 is 1.95 bits per heavy atom. The summed E-state index contributed by atoms with van der Waals surface area (Å²) in [4.78, 5) is 26.9. The third-order valence-corrected chi connectivity index (χ3v) is 4.78. The van der Waals surface area contributed by atoms with Crippen molar-refractivity contribution in [3.05, 3.63) is 29.6 Å². The Hall–Kier alpha value is -1.95. The van der Waals surface area contributed by atoms with Crippen molar-refractivity contribution in [2.75, 3.05) is 7.11 Å². The summed E-state index contributed by atoms with van der Waals surface area (Å²) in [6.45, 7) is 6.08. The summed E-state index contributed by atoms with van der Waals surface area (Å²) in [6.07, 6.45) is 0.709. The number of carbonyl (C=O) groups is 2. The van der Waals surface area contributed by atoms with Crippen molar-refractivity contribution in [1.82, 2.24) is 10.3 Å². The van der Waals surface area contributed by atoms with E-state index in [1.807, 2.05) is 20.8 Å². The molecule has 1 fully saturated rings. The van der Waals surface area contributed by atoms with Gasteiger partial charge in [0.15, 0.2) is 0 Å². The van der Waals surface area contributed by atoms with Crippen LogP contribution < -0.4 is 5.32 Å². The van der Waals surface area contributed by atoms with E-state index in [0.29, 0.717) is 6.42 Å². The van der Waals surface area contributed by atoms with E-state index in [0.717, 1.165) is 0 Å². The molecule has 114 valence electrons. The van der Waals surface area contributed by atoms with E-state index in [1.54, 1.807) is 7.11 Å².